The summed E-state index contributed by atoms with van der Waals surface area (Å²) < 4.78 is 6.09. The van der Waals surface area contributed by atoms with Crippen molar-refractivity contribution in [2.75, 3.05) is 20.3 Å². The topological polar surface area (TPSA) is 34.1 Å². The van der Waals surface area contributed by atoms with Crippen LogP contribution >= 0.6 is 38.9 Å². The fourth-order valence-corrected chi connectivity index (χ4v) is 3.67. The predicted octanol–water partition coefficient (Wildman–Crippen LogP) is 4.19. The van der Waals surface area contributed by atoms with Gasteiger partial charge in [-0.3, -0.25) is 0 Å². The number of nitrogens with zero attached hydrogens (tertiary/aromatic N) is 1. The largest absolute Gasteiger partial charge is 0.383 e. The van der Waals surface area contributed by atoms with E-state index in [1.54, 1.807) is 18.4 Å². The second-order valence-corrected chi connectivity index (χ2v) is 6.55. The number of hydrogen-bond acceptors (Lipinski definition) is 4. The maximum absolute atomic E-state index is 6.02. The van der Waals surface area contributed by atoms with Crippen LogP contribution in [0.1, 0.15) is 22.3 Å². The Morgan fingerprint density at radius 1 is 1.50 bits per heavy atom. The summed E-state index contributed by atoms with van der Waals surface area (Å²) in [6.45, 7) is 3.42. The van der Waals surface area contributed by atoms with E-state index in [2.05, 4.69) is 31.6 Å². The molecule has 0 fully saturated rings. The molecule has 1 aromatic carbocycles. The second kappa shape index (κ2) is 7.52. The number of nitrogens with one attached hydrogen (secondary N) is 1. The number of hydrogen-bond donors (Lipinski definition) is 1. The first-order valence-corrected chi connectivity index (χ1v) is 8.26. The molecule has 0 bridgehead atoms. The molecule has 2 aromatic rings. The molecule has 0 radical (unpaired) electrons. The molecule has 0 saturated carbocycles. The summed E-state index contributed by atoms with van der Waals surface area (Å²) in [6, 6.07) is 5.86. The van der Waals surface area contributed by atoms with Crippen LogP contribution in [0.15, 0.2) is 28.1 Å². The van der Waals surface area contributed by atoms with E-state index in [1.807, 2.05) is 25.1 Å². The molecular formula is C14H16BrClN2OS. The van der Waals surface area contributed by atoms with Gasteiger partial charge in [0.2, 0.25) is 0 Å². The maximum Gasteiger partial charge on any atom is 0.114 e. The third kappa shape index (κ3) is 4.02. The molecule has 1 N–H and O–H groups in total. The van der Waals surface area contributed by atoms with Gasteiger partial charge in [-0.25, -0.2) is 4.98 Å². The van der Waals surface area contributed by atoms with Crippen LogP contribution in [0.2, 0.25) is 5.02 Å². The van der Waals surface area contributed by atoms with E-state index < -0.39 is 0 Å². The van der Waals surface area contributed by atoms with Crippen LogP contribution in [0.5, 0.6) is 0 Å². The zero-order valence-corrected chi connectivity index (χ0v) is 14.5. The van der Waals surface area contributed by atoms with Crippen LogP contribution in [0.3, 0.4) is 0 Å². The van der Waals surface area contributed by atoms with Crippen molar-refractivity contribution < 1.29 is 4.74 Å². The van der Waals surface area contributed by atoms with Crippen LogP contribution in [0, 0.1) is 6.92 Å². The van der Waals surface area contributed by atoms with Gasteiger partial charge < -0.3 is 10.1 Å². The standard InChI is InChI=1S/C14H16BrClN2OS/c1-9-8-20-14(18-9)13(17-5-6-19-2)11-4-3-10(16)7-12(11)15/h3-4,7-8,13,17H,5-6H2,1-2H3. The second-order valence-electron chi connectivity index (χ2n) is 4.37. The summed E-state index contributed by atoms with van der Waals surface area (Å²) in [5.41, 5.74) is 2.16. The third-order valence-electron chi connectivity index (χ3n) is 2.81. The fraction of sp³-hybridized carbons (Fsp3) is 0.357. The number of rotatable bonds is 6. The fourth-order valence-electron chi connectivity index (χ4n) is 1.88. The van der Waals surface area contributed by atoms with Gasteiger partial charge in [-0.15, -0.1) is 11.3 Å². The number of halogens is 2. The van der Waals surface area contributed by atoms with Crippen molar-refractivity contribution in [3.63, 3.8) is 0 Å². The van der Waals surface area contributed by atoms with Crippen molar-refractivity contribution in [3.8, 4) is 0 Å². The number of benzene rings is 1. The van der Waals surface area contributed by atoms with Crippen LogP contribution in [0.25, 0.3) is 0 Å². The van der Waals surface area contributed by atoms with E-state index >= 15 is 0 Å². The Kier molecular flexibility index (Phi) is 5.99. The molecule has 0 amide bonds. The van der Waals surface area contributed by atoms with Crippen LogP contribution in [0.4, 0.5) is 0 Å². The quantitative estimate of drug-likeness (QED) is 0.769. The number of ether oxygens (including phenoxy) is 1. The summed E-state index contributed by atoms with van der Waals surface area (Å²) in [4.78, 5) is 4.59. The van der Waals surface area contributed by atoms with Crippen molar-refractivity contribution in [3.05, 3.63) is 49.3 Å². The summed E-state index contributed by atoms with van der Waals surface area (Å²) in [5, 5.41) is 7.29. The Bertz CT molecular complexity index is 576. The Hall–Kier alpha value is -0.460. The molecule has 20 heavy (non-hydrogen) atoms. The van der Waals surface area contributed by atoms with E-state index in [0.29, 0.717) is 11.6 Å². The number of methoxy groups -OCH3 is 1. The lowest BCUT2D eigenvalue weighted by Crippen LogP contribution is -2.26. The highest BCUT2D eigenvalue weighted by Gasteiger charge is 2.19. The first-order chi connectivity index (χ1) is 9.61. The minimum absolute atomic E-state index is 0.0375. The molecular weight excluding hydrogens is 360 g/mol. The van der Waals surface area contributed by atoms with E-state index in [1.165, 1.54) is 0 Å². The van der Waals surface area contributed by atoms with Gasteiger partial charge in [0.05, 0.1) is 12.6 Å². The molecule has 108 valence electrons. The summed E-state index contributed by atoms with van der Waals surface area (Å²) in [5.74, 6) is 0. The Morgan fingerprint density at radius 2 is 2.30 bits per heavy atom. The minimum atomic E-state index is 0.0375. The first kappa shape index (κ1) is 15.9. The highest BCUT2D eigenvalue weighted by Crippen LogP contribution is 2.32. The lowest BCUT2D eigenvalue weighted by atomic mass is 10.1. The van der Waals surface area contributed by atoms with E-state index in [9.17, 15) is 0 Å². The molecule has 1 atom stereocenters. The molecule has 0 aliphatic carbocycles. The number of aromatic nitrogens is 1. The van der Waals surface area contributed by atoms with Crippen LogP contribution in [-0.2, 0) is 4.74 Å². The molecule has 0 saturated heterocycles. The Labute approximate surface area is 136 Å². The van der Waals surface area contributed by atoms with E-state index in [0.717, 1.165) is 27.3 Å². The highest BCUT2D eigenvalue weighted by atomic mass is 79.9. The van der Waals surface area contributed by atoms with Gasteiger partial charge in [-0.2, -0.15) is 0 Å². The van der Waals surface area contributed by atoms with Crippen molar-refractivity contribution in [2.45, 2.75) is 13.0 Å². The molecule has 2 rings (SSSR count). The van der Waals surface area contributed by atoms with E-state index in [-0.39, 0.29) is 6.04 Å². The van der Waals surface area contributed by atoms with Gasteiger partial charge in [-0.1, -0.05) is 33.6 Å². The van der Waals surface area contributed by atoms with Crippen LogP contribution in [-0.4, -0.2) is 25.2 Å². The van der Waals surface area contributed by atoms with Crippen molar-refractivity contribution >= 4 is 38.9 Å². The Balaban J connectivity index is 2.30. The van der Waals surface area contributed by atoms with E-state index in [4.69, 9.17) is 16.3 Å². The molecule has 0 spiro atoms. The predicted molar refractivity (Wildman–Crippen MR) is 87.7 cm³/mol. The average molecular weight is 376 g/mol. The molecule has 3 nitrogen and oxygen atoms in total. The van der Waals surface area contributed by atoms with Gasteiger partial charge in [0.15, 0.2) is 0 Å². The lowest BCUT2D eigenvalue weighted by molar-refractivity contribution is 0.197. The Morgan fingerprint density at radius 3 is 2.90 bits per heavy atom. The SMILES string of the molecule is COCCNC(c1nc(C)cs1)c1ccc(Cl)cc1Br. The van der Waals surface area contributed by atoms with Gasteiger partial charge in [0.1, 0.15) is 5.01 Å². The molecule has 0 aliphatic rings. The monoisotopic (exact) mass is 374 g/mol. The lowest BCUT2D eigenvalue weighted by Gasteiger charge is -2.18. The van der Waals surface area contributed by atoms with Crippen molar-refractivity contribution in [2.24, 2.45) is 0 Å². The van der Waals surface area contributed by atoms with Gasteiger partial charge in [-0.05, 0) is 24.6 Å². The highest BCUT2D eigenvalue weighted by molar-refractivity contribution is 9.10. The summed E-state index contributed by atoms with van der Waals surface area (Å²) in [6.07, 6.45) is 0. The van der Waals surface area contributed by atoms with Gasteiger partial charge in [0.25, 0.3) is 0 Å². The summed E-state index contributed by atoms with van der Waals surface area (Å²) >= 11 is 11.3. The first-order valence-electron chi connectivity index (χ1n) is 6.21. The molecule has 1 unspecified atom stereocenters. The smallest absolute Gasteiger partial charge is 0.114 e. The normalized spacial score (nSPS) is 12.6. The van der Waals surface area contributed by atoms with Crippen molar-refractivity contribution in [1.29, 1.82) is 0 Å². The minimum Gasteiger partial charge on any atom is -0.383 e. The van der Waals surface area contributed by atoms with Crippen LogP contribution < -0.4 is 5.32 Å². The van der Waals surface area contributed by atoms with Crippen molar-refractivity contribution in [1.82, 2.24) is 10.3 Å². The zero-order chi connectivity index (χ0) is 14.5. The van der Waals surface area contributed by atoms with Gasteiger partial charge >= 0.3 is 0 Å². The maximum atomic E-state index is 6.02. The molecule has 1 heterocycles. The summed E-state index contributed by atoms with van der Waals surface area (Å²) in [7, 11) is 1.70. The number of thiazole rings is 1. The third-order valence-corrected chi connectivity index (χ3v) is 4.76. The van der Waals surface area contributed by atoms with Gasteiger partial charge in [0, 0.05) is 34.2 Å². The average Bonchev–Trinajstić information content (AvgIpc) is 2.82. The molecule has 0 aliphatic heterocycles. The molecule has 6 heteroatoms. The zero-order valence-electron chi connectivity index (χ0n) is 11.3. The number of aryl methyl sites for hydroxylation is 1. The molecule has 1 aromatic heterocycles.